The van der Waals surface area contributed by atoms with Crippen molar-refractivity contribution in [2.45, 2.75) is 51.9 Å². The summed E-state index contributed by atoms with van der Waals surface area (Å²) < 4.78 is 11.2. The quantitative estimate of drug-likeness (QED) is 0.618. The zero-order chi connectivity index (χ0) is 20.2. The van der Waals surface area contributed by atoms with Crippen molar-refractivity contribution in [1.82, 2.24) is 9.97 Å². The van der Waals surface area contributed by atoms with Crippen molar-refractivity contribution < 1.29 is 14.3 Å². The Balaban J connectivity index is 1.40. The lowest BCUT2D eigenvalue weighted by atomic mass is 9.83. The average molecular weight is 395 g/mol. The molecule has 154 valence electrons. The van der Waals surface area contributed by atoms with Crippen LogP contribution in [-0.2, 0) is 9.53 Å². The van der Waals surface area contributed by atoms with Crippen LogP contribution in [0.5, 0.6) is 5.75 Å². The first kappa shape index (κ1) is 19.9. The van der Waals surface area contributed by atoms with Crippen molar-refractivity contribution in [2.75, 3.05) is 13.2 Å². The molecule has 0 aliphatic heterocycles. The largest absolute Gasteiger partial charge is 0.492 e. The molecule has 2 aromatic rings. The van der Waals surface area contributed by atoms with Gasteiger partial charge in [0.2, 0.25) is 0 Å². The second-order valence-electron chi connectivity index (χ2n) is 8.49. The molecule has 2 atom stereocenters. The maximum atomic E-state index is 11.9. The van der Waals surface area contributed by atoms with Gasteiger partial charge in [0.15, 0.2) is 0 Å². The Labute approximate surface area is 172 Å². The van der Waals surface area contributed by atoms with Gasteiger partial charge >= 0.3 is 5.97 Å². The van der Waals surface area contributed by atoms with E-state index in [4.69, 9.17) is 14.5 Å². The van der Waals surface area contributed by atoms with Crippen LogP contribution in [-0.4, -0.2) is 29.2 Å². The van der Waals surface area contributed by atoms with Gasteiger partial charge in [0.1, 0.15) is 5.75 Å². The van der Waals surface area contributed by atoms with Crippen molar-refractivity contribution in [3.8, 4) is 17.0 Å². The molecular formula is C24H30N2O3. The van der Waals surface area contributed by atoms with Gasteiger partial charge in [-0.1, -0.05) is 25.8 Å². The SMILES string of the molecule is CCOC(=O)C1CC1c1cccc(-c2cncc(OCC3CCC(C)CC3)c2)n1. The van der Waals surface area contributed by atoms with Gasteiger partial charge < -0.3 is 9.47 Å². The molecule has 0 saturated heterocycles. The van der Waals surface area contributed by atoms with Crippen LogP contribution in [0, 0.1) is 17.8 Å². The van der Waals surface area contributed by atoms with E-state index in [0.29, 0.717) is 12.5 Å². The van der Waals surface area contributed by atoms with Gasteiger partial charge in [-0.2, -0.15) is 0 Å². The van der Waals surface area contributed by atoms with Crippen molar-refractivity contribution in [3.63, 3.8) is 0 Å². The van der Waals surface area contributed by atoms with Gasteiger partial charge in [0.05, 0.1) is 31.0 Å². The summed E-state index contributed by atoms with van der Waals surface area (Å²) in [7, 11) is 0. The summed E-state index contributed by atoms with van der Waals surface area (Å²) in [6.07, 6.45) is 9.51. The van der Waals surface area contributed by atoms with Gasteiger partial charge in [0.25, 0.3) is 0 Å². The molecule has 0 spiro atoms. The molecule has 0 bridgehead atoms. The molecule has 5 nitrogen and oxygen atoms in total. The molecule has 0 radical (unpaired) electrons. The minimum Gasteiger partial charge on any atom is -0.492 e. The molecule has 2 aliphatic carbocycles. The highest BCUT2D eigenvalue weighted by Crippen LogP contribution is 2.47. The van der Waals surface area contributed by atoms with Gasteiger partial charge in [-0.05, 0) is 56.2 Å². The van der Waals surface area contributed by atoms with E-state index in [1.807, 2.05) is 37.4 Å². The zero-order valence-corrected chi connectivity index (χ0v) is 17.3. The Kier molecular flexibility index (Phi) is 6.12. The molecule has 2 aliphatic rings. The molecule has 0 N–H and O–H groups in total. The lowest BCUT2D eigenvalue weighted by Gasteiger charge is -2.26. The van der Waals surface area contributed by atoms with Crippen molar-refractivity contribution in [1.29, 1.82) is 0 Å². The Bertz CT molecular complexity index is 846. The predicted molar refractivity (Wildman–Crippen MR) is 112 cm³/mol. The highest BCUT2D eigenvalue weighted by molar-refractivity contribution is 5.77. The van der Waals surface area contributed by atoms with Gasteiger partial charge in [-0.25, -0.2) is 0 Å². The van der Waals surface area contributed by atoms with E-state index in [9.17, 15) is 4.79 Å². The van der Waals surface area contributed by atoms with Crippen LogP contribution >= 0.6 is 0 Å². The number of carbonyl (C=O) groups is 1. The molecule has 0 amide bonds. The number of ether oxygens (including phenoxy) is 2. The van der Waals surface area contributed by atoms with Gasteiger partial charge in [0, 0.05) is 23.4 Å². The number of nitrogens with zero attached hydrogens (tertiary/aromatic N) is 2. The molecule has 5 heteroatoms. The predicted octanol–water partition coefficient (Wildman–Crippen LogP) is 5.02. The van der Waals surface area contributed by atoms with Crippen LogP contribution < -0.4 is 4.74 Å². The van der Waals surface area contributed by atoms with E-state index in [2.05, 4.69) is 11.9 Å². The summed E-state index contributed by atoms with van der Waals surface area (Å²) in [4.78, 5) is 21.1. The number of hydrogen-bond donors (Lipinski definition) is 0. The number of esters is 1. The first-order chi connectivity index (χ1) is 14.1. The molecule has 29 heavy (non-hydrogen) atoms. The van der Waals surface area contributed by atoms with Crippen LogP contribution in [0.15, 0.2) is 36.7 Å². The average Bonchev–Trinajstić information content (AvgIpc) is 3.55. The number of rotatable bonds is 7. The minimum atomic E-state index is -0.112. The van der Waals surface area contributed by atoms with E-state index < -0.39 is 0 Å². The fraction of sp³-hybridized carbons (Fsp3) is 0.542. The van der Waals surface area contributed by atoms with E-state index in [1.54, 1.807) is 6.20 Å². The lowest BCUT2D eigenvalue weighted by molar-refractivity contribution is -0.144. The molecule has 2 fully saturated rings. The molecule has 2 aromatic heterocycles. The Morgan fingerprint density at radius 1 is 1.17 bits per heavy atom. The van der Waals surface area contributed by atoms with E-state index in [1.165, 1.54) is 25.7 Å². The smallest absolute Gasteiger partial charge is 0.309 e. The monoisotopic (exact) mass is 394 g/mol. The van der Waals surface area contributed by atoms with Gasteiger partial charge in [-0.15, -0.1) is 0 Å². The summed E-state index contributed by atoms with van der Waals surface area (Å²) in [5, 5.41) is 0. The summed E-state index contributed by atoms with van der Waals surface area (Å²) in [5.74, 6) is 2.29. The van der Waals surface area contributed by atoms with Crippen LogP contribution in [0.1, 0.15) is 57.6 Å². The molecule has 2 heterocycles. The first-order valence-corrected chi connectivity index (χ1v) is 10.9. The van der Waals surface area contributed by atoms with Crippen molar-refractivity contribution >= 4 is 5.97 Å². The molecular weight excluding hydrogens is 364 g/mol. The molecule has 2 saturated carbocycles. The third-order valence-electron chi connectivity index (χ3n) is 6.16. The number of pyridine rings is 2. The van der Waals surface area contributed by atoms with E-state index in [-0.39, 0.29) is 17.8 Å². The molecule has 4 rings (SSSR count). The van der Waals surface area contributed by atoms with E-state index in [0.717, 1.165) is 41.6 Å². The molecule has 0 aromatic carbocycles. The second-order valence-corrected chi connectivity index (χ2v) is 8.49. The standard InChI is InChI=1S/C24H30N2O3/c1-3-28-24(27)21-12-20(21)23-6-4-5-22(26-23)18-11-19(14-25-13-18)29-15-17-9-7-16(2)8-10-17/h4-6,11,13-14,16-17,20-21H,3,7-10,12,15H2,1-2H3. The lowest BCUT2D eigenvalue weighted by Crippen LogP contribution is -2.18. The third-order valence-corrected chi connectivity index (χ3v) is 6.16. The fourth-order valence-electron chi connectivity index (χ4n) is 4.20. The highest BCUT2D eigenvalue weighted by atomic mass is 16.5. The van der Waals surface area contributed by atoms with Crippen LogP contribution in [0.4, 0.5) is 0 Å². The topological polar surface area (TPSA) is 61.3 Å². The maximum Gasteiger partial charge on any atom is 0.309 e. The first-order valence-electron chi connectivity index (χ1n) is 10.9. The summed E-state index contributed by atoms with van der Waals surface area (Å²) in [6.45, 7) is 5.36. The highest BCUT2D eigenvalue weighted by Gasteiger charge is 2.46. The third kappa shape index (κ3) is 4.95. The summed E-state index contributed by atoms with van der Waals surface area (Å²) in [6, 6.07) is 7.98. The number of carbonyl (C=O) groups excluding carboxylic acids is 1. The second kappa shape index (κ2) is 8.93. The minimum absolute atomic E-state index is 0.0521. The normalized spacial score (nSPS) is 26.0. The molecule has 2 unspecified atom stereocenters. The summed E-state index contributed by atoms with van der Waals surface area (Å²) in [5.41, 5.74) is 2.75. The van der Waals surface area contributed by atoms with Crippen LogP contribution in [0.3, 0.4) is 0 Å². The Hall–Kier alpha value is -2.43. The number of aromatic nitrogens is 2. The zero-order valence-electron chi connectivity index (χ0n) is 17.3. The Morgan fingerprint density at radius 3 is 2.79 bits per heavy atom. The number of hydrogen-bond acceptors (Lipinski definition) is 5. The van der Waals surface area contributed by atoms with Gasteiger partial charge in [-0.3, -0.25) is 14.8 Å². The maximum absolute atomic E-state index is 11.9. The van der Waals surface area contributed by atoms with Crippen LogP contribution in [0.25, 0.3) is 11.3 Å². The van der Waals surface area contributed by atoms with Crippen LogP contribution in [0.2, 0.25) is 0 Å². The van der Waals surface area contributed by atoms with E-state index >= 15 is 0 Å². The van der Waals surface area contributed by atoms with Crippen molar-refractivity contribution in [3.05, 3.63) is 42.4 Å². The summed E-state index contributed by atoms with van der Waals surface area (Å²) >= 11 is 0. The Morgan fingerprint density at radius 2 is 2.00 bits per heavy atom. The fourth-order valence-corrected chi connectivity index (χ4v) is 4.20. The van der Waals surface area contributed by atoms with Crippen molar-refractivity contribution in [2.24, 2.45) is 17.8 Å².